The second-order valence-electron chi connectivity index (χ2n) is 4.58. The van der Waals surface area contributed by atoms with Gasteiger partial charge in [0.15, 0.2) is 0 Å². The minimum atomic E-state index is -1.17. The third kappa shape index (κ3) is 3.06. The molecule has 1 atom stereocenters. The van der Waals surface area contributed by atoms with E-state index in [4.69, 9.17) is 9.52 Å². The monoisotopic (exact) mass is 274 g/mol. The molecule has 0 saturated carbocycles. The summed E-state index contributed by atoms with van der Waals surface area (Å²) in [6.07, 6.45) is 0.117. The van der Waals surface area contributed by atoms with Gasteiger partial charge in [-0.15, -0.1) is 0 Å². The summed E-state index contributed by atoms with van der Waals surface area (Å²) < 4.78 is 5.11. The van der Waals surface area contributed by atoms with E-state index in [1.54, 1.807) is 12.1 Å². The zero-order valence-electron chi connectivity index (χ0n) is 10.9. The maximum atomic E-state index is 11.4. The highest BCUT2D eigenvalue weighted by Crippen LogP contribution is 2.23. The molecule has 0 fully saturated rings. The first-order chi connectivity index (χ1) is 9.47. The van der Waals surface area contributed by atoms with Crippen LogP contribution in [0.2, 0.25) is 0 Å². The van der Waals surface area contributed by atoms with Crippen LogP contribution in [0.15, 0.2) is 40.8 Å². The van der Waals surface area contributed by atoms with E-state index in [1.807, 2.05) is 19.1 Å². The van der Waals surface area contributed by atoms with Crippen LogP contribution in [-0.4, -0.2) is 22.2 Å². The Morgan fingerprint density at radius 2 is 1.75 bits per heavy atom. The molecule has 0 amide bonds. The van der Waals surface area contributed by atoms with E-state index in [0.717, 1.165) is 5.56 Å². The van der Waals surface area contributed by atoms with Crippen LogP contribution in [-0.2, 0) is 11.2 Å². The van der Waals surface area contributed by atoms with Gasteiger partial charge in [0, 0.05) is 6.42 Å². The number of aromatic carboxylic acids is 1. The van der Waals surface area contributed by atoms with Gasteiger partial charge in [-0.25, -0.2) is 4.79 Å². The van der Waals surface area contributed by atoms with Crippen LogP contribution >= 0.6 is 0 Å². The molecular formula is C15H14O5. The Balaban J connectivity index is 2.23. The first-order valence-corrected chi connectivity index (χ1v) is 6.08. The maximum Gasteiger partial charge on any atom is 0.371 e. The van der Waals surface area contributed by atoms with E-state index < -0.39 is 17.9 Å². The number of furan rings is 1. The highest BCUT2D eigenvalue weighted by molar-refractivity contribution is 5.84. The van der Waals surface area contributed by atoms with Crippen LogP contribution in [0, 0.1) is 6.92 Å². The zero-order chi connectivity index (χ0) is 14.7. The Morgan fingerprint density at radius 1 is 1.10 bits per heavy atom. The number of aryl methyl sites for hydroxylation is 1. The summed E-state index contributed by atoms with van der Waals surface area (Å²) in [5.41, 5.74) is 1.71. The molecule has 5 nitrogen and oxygen atoms in total. The molecule has 1 aromatic carbocycles. The van der Waals surface area contributed by atoms with Crippen LogP contribution in [0.3, 0.4) is 0 Å². The molecule has 20 heavy (non-hydrogen) atoms. The molecule has 2 rings (SSSR count). The second-order valence-corrected chi connectivity index (χ2v) is 4.58. The number of benzene rings is 1. The van der Waals surface area contributed by atoms with Crippen molar-refractivity contribution in [2.24, 2.45) is 0 Å². The molecule has 104 valence electrons. The van der Waals surface area contributed by atoms with E-state index >= 15 is 0 Å². The van der Waals surface area contributed by atoms with E-state index in [1.165, 1.54) is 12.1 Å². The number of carboxylic acid groups (broad SMARTS) is 2. The van der Waals surface area contributed by atoms with Crippen molar-refractivity contribution in [1.82, 2.24) is 0 Å². The topological polar surface area (TPSA) is 87.7 Å². The van der Waals surface area contributed by atoms with Gasteiger partial charge in [0.05, 0.1) is 5.92 Å². The van der Waals surface area contributed by atoms with Crippen LogP contribution < -0.4 is 0 Å². The van der Waals surface area contributed by atoms with E-state index in [-0.39, 0.29) is 12.2 Å². The minimum absolute atomic E-state index is 0.117. The zero-order valence-corrected chi connectivity index (χ0v) is 10.9. The molecule has 0 spiro atoms. The highest BCUT2D eigenvalue weighted by Gasteiger charge is 2.22. The van der Waals surface area contributed by atoms with Gasteiger partial charge >= 0.3 is 11.9 Å². The summed E-state index contributed by atoms with van der Waals surface area (Å²) in [6.45, 7) is 1.92. The number of rotatable bonds is 5. The third-order valence-corrected chi connectivity index (χ3v) is 3.06. The fourth-order valence-electron chi connectivity index (χ4n) is 1.95. The van der Waals surface area contributed by atoms with Crippen molar-refractivity contribution in [1.29, 1.82) is 0 Å². The Bertz CT molecular complexity index is 624. The smallest absolute Gasteiger partial charge is 0.371 e. The number of hydrogen-bond donors (Lipinski definition) is 2. The lowest BCUT2D eigenvalue weighted by atomic mass is 9.94. The number of hydrogen-bond acceptors (Lipinski definition) is 3. The molecule has 1 unspecified atom stereocenters. The molecular weight excluding hydrogens is 260 g/mol. The lowest BCUT2D eigenvalue weighted by molar-refractivity contribution is -0.138. The van der Waals surface area contributed by atoms with Gasteiger partial charge < -0.3 is 14.6 Å². The second kappa shape index (κ2) is 5.61. The molecule has 1 heterocycles. The van der Waals surface area contributed by atoms with Crippen LogP contribution in [0.1, 0.15) is 33.4 Å². The molecule has 1 aromatic heterocycles. The predicted octanol–water partition coefficient (Wildman–Crippen LogP) is 2.70. The van der Waals surface area contributed by atoms with Gasteiger partial charge in [0.2, 0.25) is 5.76 Å². The average molecular weight is 274 g/mol. The summed E-state index contributed by atoms with van der Waals surface area (Å²) in [4.78, 5) is 22.1. The van der Waals surface area contributed by atoms with Gasteiger partial charge in [-0.05, 0) is 24.6 Å². The van der Waals surface area contributed by atoms with Gasteiger partial charge in [-0.2, -0.15) is 0 Å². The highest BCUT2D eigenvalue weighted by atomic mass is 16.4. The van der Waals surface area contributed by atoms with Gasteiger partial charge in [-0.3, -0.25) is 4.79 Å². The number of carboxylic acids is 2. The van der Waals surface area contributed by atoms with Crippen molar-refractivity contribution in [2.45, 2.75) is 19.3 Å². The summed E-state index contributed by atoms with van der Waals surface area (Å²) in [7, 11) is 0. The molecule has 2 N–H and O–H groups in total. The lowest BCUT2D eigenvalue weighted by Crippen LogP contribution is -2.14. The van der Waals surface area contributed by atoms with Crippen molar-refractivity contribution in [3.63, 3.8) is 0 Å². The van der Waals surface area contributed by atoms with E-state index in [0.29, 0.717) is 11.3 Å². The minimum Gasteiger partial charge on any atom is -0.481 e. The predicted molar refractivity (Wildman–Crippen MR) is 70.9 cm³/mol. The molecule has 2 aromatic rings. The fourth-order valence-corrected chi connectivity index (χ4v) is 1.95. The Kier molecular flexibility index (Phi) is 3.89. The van der Waals surface area contributed by atoms with Crippen molar-refractivity contribution < 1.29 is 24.2 Å². The van der Waals surface area contributed by atoms with Gasteiger partial charge in [0.1, 0.15) is 5.76 Å². The van der Waals surface area contributed by atoms with Gasteiger partial charge in [-0.1, -0.05) is 29.8 Å². The largest absolute Gasteiger partial charge is 0.481 e. The van der Waals surface area contributed by atoms with Crippen LogP contribution in [0.25, 0.3) is 0 Å². The lowest BCUT2D eigenvalue weighted by Gasteiger charge is -2.11. The first-order valence-electron chi connectivity index (χ1n) is 6.08. The van der Waals surface area contributed by atoms with E-state index in [2.05, 4.69) is 0 Å². The molecule has 0 saturated heterocycles. The van der Waals surface area contributed by atoms with E-state index in [9.17, 15) is 14.7 Å². The number of carbonyl (C=O) groups is 2. The molecule has 0 aliphatic rings. The quantitative estimate of drug-likeness (QED) is 0.875. The summed E-state index contributed by atoms with van der Waals surface area (Å²) >= 11 is 0. The Morgan fingerprint density at radius 3 is 2.25 bits per heavy atom. The van der Waals surface area contributed by atoms with Crippen molar-refractivity contribution in [2.75, 3.05) is 0 Å². The summed E-state index contributed by atoms with van der Waals surface area (Å²) in [6, 6.07) is 10.0. The fraction of sp³-hybridized carbons (Fsp3) is 0.200. The normalized spacial score (nSPS) is 12.1. The van der Waals surface area contributed by atoms with Crippen molar-refractivity contribution >= 4 is 11.9 Å². The molecule has 5 heteroatoms. The molecule has 0 bridgehead atoms. The summed E-state index contributed by atoms with van der Waals surface area (Å²) in [5.74, 6) is -2.74. The standard InChI is InChI=1S/C15H14O5/c1-9-2-4-10(5-3-9)12(14(16)17)8-11-6-7-13(20-11)15(18)19/h2-7,12H,8H2,1H3,(H,16,17)(H,18,19). The van der Waals surface area contributed by atoms with Gasteiger partial charge in [0.25, 0.3) is 0 Å². The SMILES string of the molecule is Cc1ccc(C(Cc2ccc(C(=O)O)o2)C(=O)O)cc1. The summed E-state index contributed by atoms with van der Waals surface area (Å²) in [5, 5.41) is 18.1. The Labute approximate surface area is 115 Å². The van der Waals surface area contributed by atoms with Crippen molar-refractivity contribution in [3.8, 4) is 0 Å². The average Bonchev–Trinajstić information content (AvgIpc) is 2.86. The third-order valence-electron chi connectivity index (χ3n) is 3.06. The molecule has 0 aliphatic carbocycles. The molecule has 0 aliphatic heterocycles. The van der Waals surface area contributed by atoms with Crippen molar-refractivity contribution in [3.05, 3.63) is 59.0 Å². The maximum absolute atomic E-state index is 11.4. The first kappa shape index (κ1) is 13.9. The van der Waals surface area contributed by atoms with Crippen LogP contribution in [0.4, 0.5) is 0 Å². The Hall–Kier alpha value is -2.56. The number of aliphatic carboxylic acids is 1. The molecule has 0 radical (unpaired) electrons. The van der Waals surface area contributed by atoms with Crippen LogP contribution in [0.5, 0.6) is 0 Å².